The number of ether oxygens (including phenoxy) is 1. The molecule has 0 radical (unpaired) electrons. The highest BCUT2D eigenvalue weighted by molar-refractivity contribution is 5.70. The Hall–Kier alpha value is -1.95. The molecule has 5 nitrogen and oxygen atoms in total. The van der Waals surface area contributed by atoms with E-state index in [0.717, 1.165) is 0 Å². The fraction of sp³-hybridized carbons (Fsp3) is 0.333. The number of aromatic nitrogens is 2. The molecule has 1 aromatic heterocycles. The molecule has 0 fully saturated rings. The van der Waals surface area contributed by atoms with Crippen LogP contribution in [0.3, 0.4) is 0 Å². The second-order valence-electron chi connectivity index (χ2n) is 3.79. The van der Waals surface area contributed by atoms with E-state index in [-0.39, 0.29) is 17.7 Å². The lowest BCUT2D eigenvalue weighted by atomic mass is 10.1. The van der Waals surface area contributed by atoms with Crippen molar-refractivity contribution >= 4 is 5.69 Å². The van der Waals surface area contributed by atoms with E-state index in [1.54, 1.807) is 19.2 Å². The van der Waals surface area contributed by atoms with Crippen LogP contribution in [0.2, 0.25) is 0 Å². The quantitative estimate of drug-likeness (QED) is 0.845. The Morgan fingerprint density at radius 3 is 2.94 bits per heavy atom. The standard InChI is InChI=1S/C12H14FN3O2/c1-3-9(17-2)11-15-12(18-16-11)7-5-4-6-8(13)10(7)14/h4-6,9H,3,14H2,1-2H3. The van der Waals surface area contributed by atoms with Gasteiger partial charge in [-0.2, -0.15) is 4.98 Å². The first-order valence-electron chi connectivity index (χ1n) is 5.58. The highest BCUT2D eigenvalue weighted by Crippen LogP contribution is 2.28. The molecule has 1 unspecified atom stereocenters. The van der Waals surface area contributed by atoms with Gasteiger partial charge in [0.25, 0.3) is 5.89 Å². The van der Waals surface area contributed by atoms with Gasteiger partial charge in [0.05, 0.1) is 11.3 Å². The number of rotatable bonds is 4. The monoisotopic (exact) mass is 251 g/mol. The number of para-hydroxylation sites is 1. The molecule has 0 aliphatic carbocycles. The molecule has 1 aromatic carbocycles. The Bertz CT molecular complexity index is 538. The van der Waals surface area contributed by atoms with Gasteiger partial charge in [0.15, 0.2) is 0 Å². The Kier molecular flexibility index (Phi) is 3.57. The molecule has 6 heteroatoms. The third-order valence-corrected chi connectivity index (χ3v) is 2.67. The fourth-order valence-corrected chi connectivity index (χ4v) is 1.65. The maximum atomic E-state index is 13.3. The van der Waals surface area contributed by atoms with Gasteiger partial charge >= 0.3 is 0 Å². The van der Waals surface area contributed by atoms with Gasteiger partial charge in [-0.15, -0.1) is 0 Å². The zero-order chi connectivity index (χ0) is 13.1. The van der Waals surface area contributed by atoms with Crippen molar-refractivity contribution in [3.05, 3.63) is 29.8 Å². The van der Waals surface area contributed by atoms with Crippen molar-refractivity contribution in [3.8, 4) is 11.5 Å². The summed E-state index contributed by atoms with van der Waals surface area (Å²) in [5.41, 5.74) is 6.02. The molecule has 1 heterocycles. The van der Waals surface area contributed by atoms with Gasteiger partial charge in [0.2, 0.25) is 5.82 Å². The van der Waals surface area contributed by atoms with Crippen LogP contribution in [0.4, 0.5) is 10.1 Å². The predicted molar refractivity (Wildman–Crippen MR) is 64.1 cm³/mol. The van der Waals surface area contributed by atoms with Gasteiger partial charge in [-0.3, -0.25) is 0 Å². The van der Waals surface area contributed by atoms with Crippen LogP contribution in [0, 0.1) is 5.82 Å². The van der Waals surface area contributed by atoms with Crippen molar-refractivity contribution in [1.29, 1.82) is 0 Å². The lowest BCUT2D eigenvalue weighted by molar-refractivity contribution is 0.0903. The minimum Gasteiger partial charge on any atom is -0.396 e. The zero-order valence-electron chi connectivity index (χ0n) is 10.2. The van der Waals surface area contributed by atoms with Crippen LogP contribution in [0.1, 0.15) is 25.3 Å². The molecule has 96 valence electrons. The third kappa shape index (κ3) is 2.19. The molecule has 0 aliphatic rings. The third-order valence-electron chi connectivity index (χ3n) is 2.67. The predicted octanol–water partition coefficient (Wildman–Crippen LogP) is 2.56. The van der Waals surface area contributed by atoms with E-state index in [4.69, 9.17) is 15.0 Å². The summed E-state index contributed by atoms with van der Waals surface area (Å²) in [7, 11) is 1.57. The average molecular weight is 251 g/mol. The molecule has 0 spiro atoms. The Labute approximate surface area is 104 Å². The van der Waals surface area contributed by atoms with E-state index in [1.807, 2.05) is 6.92 Å². The Balaban J connectivity index is 2.38. The van der Waals surface area contributed by atoms with Crippen molar-refractivity contribution in [2.24, 2.45) is 0 Å². The van der Waals surface area contributed by atoms with Crippen LogP contribution in [-0.4, -0.2) is 17.3 Å². The average Bonchev–Trinajstić information content (AvgIpc) is 2.84. The van der Waals surface area contributed by atoms with Gasteiger partial charge in [0.1, 0.15) is 11.9 Å². The number of hydrogen-bond acceptors (Lipinski definition) is 5. The molecular formula is C12H14FN3O2. The normalized spacial score (nSPS) is 12.6. The zero-order valence-corrected chi connectivity index (χ0v) is 10.2. The Morgan fingerprint density at radius 1 is 1.50 bits per heavy atom. The molecule has 2 aromatic rings. The second kappa shape index (κ2) is 5.14. The maximum absolute atomic E-state index is 13.3. The summed E-state index contributed by atoms with van der Waals surface area (Å²) in [6.07, 6.45) is 0.478. The summed E-state index contributed by atoms with van der Waals surface area (Å²) in [5.74, 6) is 0.113. The first kappa shape index (κ1) is 12.5. The molecule has 18 heavy (non-hydrogen) atoms. The number of halogens is 1. The van der Waals surface area contributed by atoms with Crippen LogP contribution >= 0.6 is 0 Å². The largest absolute Gasteiger partial charge is 0.396 e. The molecule has 0 bridgehead atoms. The second-order valence-corrected chi connectivity index (χ2v) is 3.79. The van der Waals surface area contributed by atoms with Crippen LogP contribution in [0.25, 0.3) is 11.5 Å². The van der Waals surface area contributed by atoms with Gasteiger partial charge in [0, 0.05) is 7.11 Å². The fourth-order valence-electron chi connectivity index (χ4n) is 1.65. The summed E-state index contributed by atoms with van der Waals surface area (Å²) in [6, 6.07) is 4.45. The SMILES string of the molecule is CCC(OC)c1noc(-c2cccc(F)c2N)n1. The van der Waals surface area contributed by atoms with Gasteiger partial charge in [-0.25, -0.2) is 4.39 Å². The molecular weight excluding hydrogens is 237 g/mol. The summed E-state index contributed by atoms with van der Waals surface area (Å²) in [4.78, 5) is 4.18. The minimum atomic E-state index is -0.508. The van der Waals surface area contributed by atoms with Crippen molar-refractivity contribution in [1.82, 2.24) is 10.1 Å². The number of nitrogen functional groups attached to an aromatic ring is 1. The summed E-state index contributed by atoms with van der Waals surface area (Å²) >= 11 is 0. The lowest BCUT2D eigenvalue weighted by Gasteiger charge is -2.06. The molecule has 0 amide bonds. The van der Waals surface area contributed by atoms with Gasteiger partial charge in [-0.05, 0) is 18.6 Å². The summed E-state index contributed by atoms with van der Waals surface area (Å²) in [6.45, 7) is 1.95. The molecule has 0 aliphatic heterocycles. The van der Waals surface area contributed by atoms with Crippen LogP contribution < -0.4 is 5.73 Å². The molecule has 2 N–H and O–H groups in total. The molecule has 1 atom stereocenters. The van der Waals surface area contributed by atoms with Crippen LogP contribution in [0.5, 0.6) is 0 Å². The van der Waals surface area contributed by atoms with Crippen molar-refractivity contribution in [2.75, 3.05) is 12.8 Å². The van der Waals surface area contributed by atoms with E-state index < -0.39 is 5.82 Å². The Morgan fingerprint density at radius 2 is 2.28 bits per heavy atom. The number of nitrogens with zero attached hydrogens (tertiary/aromatic N) is 2. The van der Waals surface area contributed by atoms with Crippen molar-refractivity contribution in [3.63, 3.8) is 0 Å². The van der Waals surface area contributed by atoms with Crippen LogP contribution in [-0.2, 0) is 4.74 Å². The van der Waals surface area contributed by atoms with Crippen molar-refractivity contribution < 1.29 is 13.7 Å². The van der Waals surface area contributed by atoms with Gasteiger partial charge < -0.3 is 15.0 Å². The highest BCUT2D eigenvalue weighted by atomic mass is 19.1. The molecule has 0 saturated carbocycles. The van der Waals surface area contributed by atoms with Gasteiger partial charge in [-0.1, -0.05) is 18.1 Å². The van der Waals surface area contributed by atoms with Crippen LogP contribution in [0.15, 0.2) is 22.7 Å². The first-order valence-corrected chi connectivity index (χ1v) is 5.58. The number of anilines is 1. The maximum Gasteiger partial charge on any atom is 0.260 e. The topological polar surface area (TPSA) is 74.2 Å². The smallest absolute Gasteiger partial charge is 0.260 e. The highest BCUT2D eigenvalue weighted by Gasteiger charge is 2.18. The lowest BCUT2D eigenvalue weighted by Crippen LogP contribution is -2.01. The van der Waals surface area contributed by atoms with E-state index in [0.29, 0.717) is 17.8 Å². The summed E-state index contributed by atoms with van der Waals surface area (Å²) < 4.78 is 23.6. The van der Waals surface area contributed by atoms with E-state index in [9.17, 15) is 4.39 Å². The number of nitrogens with two attached hydrogens (primary N) is 1. The number of benzene rings is 1. The minimum absolute atomic E-state index is 0.00170. The van der Waals surface area contributed by atoms with Crippen molar-refractivity contribution in [2.45, 2.75) is 19.4 Å². The number of hydrogen-bond donors (Lipinski definition) is 1. The summed E-state index contributed by atoms with van der Waals surface area (Å²) in [5, 5.41) is 3.82. The van der Waals surface area contributed by atoms with E-state index >= 15 is 0 Å². The van der Waals surface area contributed by atoms with E-state index in [1.165, 1.54) is 6.07 Å². The molecule has 0 saturated heterocycles. The molecule has 2 rings (SSSR count). The van der Waals surface area contributed by atoms with E-state index in [2.05, 4.69) is 10.1 Å². The number of methoxy groups -OCH3 is 1. The first-order chi connectivity index (χ1) is 8.67.